The monoisotopic (exact) mass is 223 g/mol. The Bertz CT molecular complexity index is 561. The van der Waals surface area contributed by atoms with E-state index in [0.29, 0.717) is 5.84 Å². The van der Waals surface area contributed by atoms with Crippen LogP contribution < -0.4 is 5.73 Å². The molecule has 1 atom stereocenters. The Kier molecular flexibility index (Phi) is 2.37. The maximum Gasteiger partial charge on any atom is 0.145 e. The molecule has 0 fully saturated rings. The number of pyridine rings is 1. The molecule has 1 aromatic carbocycles. The molecule has 17 heavy (non-hydrogen) atoms. The van der Waals surface area contributed by atoms with Crippen LogP contribution >= 0.6 is 0 Å². The normalized spacial score (nSPS) is 18.4. The number of nitrogens with zero attached hydrogens (tertiary/aromatic N) is 2. The lowest BCUT2D eigenvalue weighted by Gasteiger charge is -2.20. The van der Waals surface area contributed by atoms with E-state index in [1.807, 2.05) is 24.3 Å². The fraction of sp³-hybridized carbons (Fsp3) is 0.143. The molecule has 2 N–H and O–H groups in total. The Hall–Kier alpha value is -2.16. The van der Waals surface area contributed by atoms with Crippen LogP contribution in [0.15, 0.2) is 53.7 Å². The summed E-state index contributed by atoms with van der Waals surface area (Å²) in [5.74, 6) is 0.542. The van der Waals surface area contributed by atoms with E-state index >= 15 is 0 Å². The summed E-state index contributed by atoms with van der Waals surface area (Å²) in [6, 6.07) is 14.4. The average molecular weight is 223 g/mol. The van der Waals surface area contributed by atoms with Gasteiger partial charge in [0.25, 0.3) is 0 Å². The van der Waals surface area contributed by atoms with Crippen molar-refractivity contribution in [2.24, 2.45) is 10.7 Å². The zero-order valence-electron chi connectivity index (χ0n) is 9.38. The summed E-state index contributed by atoms with van der Waals surface area (Å²) < 4.78 is 0. The predicted molar refractivity (Wildman–Crippen MR) is 67.8 cm³/mol. The Morgan fingerprint density at radius 1 is 1.06 bits per heavy atom. The van der Waals surface area contributed by atoms with Gasteiger partial charge in [-0.05, 0) is 17.2 Å². The quantitative estimate of drug-likeness (QED) is 0.804. The van der Waals surface area contributed by atoms with E-state index in [1.165, 1.54) is 11.1 Å². The minimum atomic E-state index is 0.118. The first kappa shape index (κ1) is 10.0. The minimum Gasteiger partial charge on any atom is -0.382 e. The molecule has 0 radical (unpaired) electrons. The predicted octanol–water partition coefficient (Wildman–Crippen LogP) is 2.08. The standard InChI is InChI=1S/C14H13N3/c15-14-13-11(7-4-8-16-13)9-12(17-14)10-5-2-1-3-6-10/h1-8,12H,9H2,(H2,15,17). The molecule has 1 aliphatic heterocycles. The lowest BCUT2D eigenvalue weighted by atomic mass is 9.95. The van der Waals surface area contributed by atoms with E-state index in [1.54, 1.807) is 6.20 Å². The molecule has 3 rings (SSSR count). The molecule has 3 nitrogen and oxygen atoms in total. The second-order valence-electron chi connectivity index (χ2n) is 4.16. The van der Waals surface area contributed by atoms with Gasteiger partial charge in [0.05, 0.1) is 6.04 Å². The van der Waals surface area contributed by atoms with E-state index in [0.717, 1.165) is 12.1 Å². The molecule has 2 aromatic rings. The number of fused-ring (bicyclic) bond motifs is 1. The van der Waals surface area contributed by atoms with Crippen molar-refractivity contribution in [1.29, 1.82) is 0 Å². The van der Waals surface area contributed by atoms with Crippen LogP contribution in [0.4, 0.5) is 0 Å². The van der Waals surface area contributed by atoms with Crippen LogP contribution in [0, 0.1) is 0 Å². The number of hydrogen-bond donors (Lipinski definition) is 1. The lowest BCUT2D eigenvalue weighted by molar-refractivity contribution is 0.705. The van der Waals surface area contributed by atoms with E-state index in [2.05, 4.69) is 28.2 Å². The SMILES string of the molecule is NC1=NC(c2ccccc2)Cc2cccnc21. The van der Waals surface area contributed by atoms with Crippen molar-refractivity contribution >= 4 is 5.84 Å². The first-order valence-electron chi connectivity index (χ1n) is 5.67. The van der Waals surface area contributed by atoms with Crippen LogP contribution in [0.1, 0.15) is 22.9 Å². The highest BCUT2D eigenvalue weighted by molar-refractivity contribution is 5.97. The van der Waals surface area contributed by atoms with Crippen LogP contribution in [0.5, 0.6) is 0 Å². The Balaban J connectivity index is 2.02. The van der Waals surface area contributed by atoms with Gasteiger partial charge in [0.2, 0.25) is 0 Å². The number of hydrogen-bond acceptors (Lipinski definition) is 3. The molecular formula is C14H13N3. The number of amidine groups is 1. The Labute approximate surface area is 100 Å². The van der Waals surface area contributed by atoms with Gasteiger partial charge in [-0.25, -0.2) is 0 Å². The van der Waals surface area contributed by atoms with Gasteiger partial charge in [-0.1, -0.05) is 36.4 Å². The summed E-state index contributed by atoms with van der Waals surface area (Å²) in [5, 5.41) is 0. The summed E-state index contributed by atoms with van der Waals surface area (Å²) >= 11 is 0. The van der Waals surface area contributed by atoms with E-state index in [-0.39, 0.29) is 6.04 Å². The van der Waals surface area contributed by atoms with Gasteiger partial charge < -0.3 is 5.73 Å². The second-order valence-corrected chi connectivity index (χ2v) is 4.16. The Morgan fingerprint density at radius 3 is 2.71 bits per heavy atom. The summed E-state index contributed by atoms with van der Waals surface area (Å²) in [5.41, 5.74) is 9.17. The number of rotatable bonds is 1. The largest absolute Gasteiger partial charge is 0.382 e. The first-order valence-corrected chi connectivity index (χ1v) is 5.67. The van der Waals surface area contributed by atoms with Crippen molar-refractivity contribution in [2.75, 3.05) is 0 Å². The van der Waals surface area contributed by atoms with Gasteiger partial charge in [-0.2, -0.15) is 0 Å². The maximum atomic E-state index is 5.96. The molecule has 1 aliphatic rings. The third kappa shape index (κ3) is 1.80. The van der Waals surface area contributed by atoms with Crippen LogP contribution in [0.25, 0.3) is 0 Å². The number of benzene rings is 1. The molecule has 0 aliphatic carbocycles. The zero-order valence-corrected chi connectivity index (χ0v) is 9.38. The highest BCUT2D eigenvalue weighted by Gasteiger charge is 2.20. The molecule has 0 saturated heterocycles. The molecule has 0 amide bonds. The number of nitrogens with two attached hydrogens (primary N) is 1. The summed E-state index contributed by atoms with van der Waals surface area (Å²) in [7, 11) is 0. The second kappa shape index (κ2) is 4.01. The van der Waals surface area contributed by atoms with Crippen molar-refractivity contribution in [3.8, 4) is 0 Å². The van der Waals surface area contributed by atoms with Crippen molar-refractivity contribution in [1.82, 2.24) is 4.98 Å². The molecule has 0 saturated carbocycles. The first-order chi connectivity index (χ1) is 8.34. The van der Waals surface area contributed by atoms with Crippen molar-refractivity contribution in [2.45, 2.75) is 12.5 Å². The fourth-order valence-electron chi connectivity index (χ4n) is 2.18. The van der Waals surface area contributed by atoms with Gasteiger partial charge in [-0.3, -0.25) is 9.98 Å². The van der Waals surface area contributed by atoms with E-state index < -0.39 is 0 Å². The van der Waals surface area contributed by atoms with Crippen molar-refractivity contribution < 1.29 is 0 Å². The van der Waals surface area contributed by atoms with Crippen LogP contribution in [0.3, 0.4) is 0 Å². The molecule has 3 heteroatoms. The fourth-order valence-corrected chi connectivity index (χ4v) is 2.18. The average Bonchev–Trinajstić information content (AvgIpc) is 2.40. The maximum absolute atomic E-state index is 5.96. The third-order valence-corrected chi connectivity index (χ3v) is 3.03. The molecule has 2 heterocycles. The van der Waals surface area contributed by atoms with Crippen LogP contribution in [-0.2, 0) is 6.42 Å². The molecule has 0 bridgehead atoms. The number of aliphatic imine (C=N–C) groups is 1. The van der Waals surface area contributed by atoms with Gasteiger partial charge >= 0.3 is 0 Å². The molecule has 0 spiro atoms. The number of aromatic nitrogens is 1. The summed E-state index contributed by atoms with van der Waals surface area (Å²) in [6.07, 6.45) is 2.62. The highest BCUT2D eigenvalue weighted by atomic mass is 14.9. The van der Waals surface area contributed by atoms with Crippen LogP contribution in [0.2, 0.25) is 0 Å². The molecule has 1 unspecified atom stereocenters. The third-order valence-electron chi connectivity index (χ3n) is 3.03. The van der Waals surface area contributed by atoms with Gasteiger partial charge in [0.15, 0.2) is 0 Å². The van der Waals surface area contributed by atoms with Gasteiger partial charge in [-0.15, -0.1) is 0 Å². The molecular weight excluding hydrogens is 210 g/mol. The topological polar surface area (TPSA) is 51.3 Å². The Morgan fingerprint density at radius 2 is 1.88 bits per heavy atom. The lowest BCUT2D eigenvalue weighted by Crippen LogP contribution is -2.24. The smallest absolute Gasteiger partial charge is 0.145 e. The highest BCUT2D eigenvalue weighted by Crippen LogP contribution is 2.27. The zero-order chi connectivity index (χ0) is 11.7. The van der Waals surface area contributed by atoms with Gasteiger partial charge in [0.1, 0.15) is 11.5 Å². The van der Waals surface area contributed by atoms with Crippen LogP contribution in [-0.4, -0.2) is 10.8 Å². The van der Waals surface area contributed by atoms with Crippen molar-refractivity contribution in [3.63, 3.8) is 0 Å². The molecule has 84 valence electrons. The van der Waals surface area contributed by atoms with E-state index in [4.69, 9.17) is 5.73 Å². The summed E-state index contributed by atoms with van der Waals surface area (Å²) in [6.45, 7) is 0. The van der Waals surface area contributed by atoms with Crippen molar-refractivity contribution in [3.05, 3.63) is 65.5 Å². The summed E-state index contributed by atoms with van der Waals surface area (Å²) in [4.78, 5) is 8.80. The minimum absolute atomic E-state index is 0.118. The van der Waals surface area contributed by atoms with Gasteiger partial charge in [0, 0.05) is 12.6 Å². The van der Waals surface area contributed by atoms with E-state index in [9.17, 15) is 0 Å². The molecule has 1 aromatic heterocycles.